The summed E-state index contributed by atoms with van der Waals surface area (Å²) in [5.41, 5.74) is 0. The summed E-state index contributed by atoms with van der Waals surface area (Å²) >= 11 is 0. The van der Waals surface area contributed by atoms with Crippen molar-refractivity contribution in [1.82, 2.24) is 9.80 Å². The summed E-state index contributed by atoms with van der Waals surface area (Å²) in [5, 5.41) is 0. The minimum atomic E-state index is -0.0415. The summed E-state index contributed by atoms with van der Waals surface area (Å²) in [5.74, 6) is -0.0810. The van der Waals surface area contributed by atoms with E-state index in [2.05, 4.69) is 37.5 Å². The third-order valence-electron chi connectivity index (χ3n) is 16.8. The lowest BCUT2D eigenvalue weighted by Gasteiger charge is -2.29. The Hall–Kier alpha value is -1.14. The van der Waals surface area contributed by atoms with E-state index in [0.29, 0.717) is 12.8 Å². The van der Waals surface area contributed by atoms with Gasteiger partial charge in [0.05, 0.1) is 12.8 Å². The molecule has 0 aromatic carbocycles. The van der Waals surface area contributed by atoms with Crippen LogP contribution in [0.15, 0.2) is 0 Å². The molecule has 0 bridgehead atoms. The summed E-state index contributed by atoms with van der Waals surface area (Å²) in [4.78, 5) is 31.6. The average molecular weight is 1040 g/mol. The van der Waals surface area contributed by atoms with Crippen molar-refractivity contribution in [3.8, 4) is 0 Å². The Morgan fingerprint density at radius 2 is 0.419 bits per heavy atom. The monoisotopic (exact) mass is 1040 g/mol. The lowest BCUT2D eigenvalue weighted by molar-refractivity contribution is -0.158. The molecule has 1 aliphatic rings. The molecule has 6 heteroatoms. The summed E-state index contributed by atoms with van der Waals surface area (Å²) in [6.45, 7) is 15.3. The van der Waals surface area contributed by atoms with Gasteiger partial charge in [-0.05, 0) is 77.5 Å². The van der Waals surface area contributed by atoms with Gasteiger partial charge in [0.1, 0.15) is 12.2 Å². The smallest absolute Gasteiger partial charge is 0.307 e. The lowest BCUT2D eigenvalue weighted by atomic mass is 9.95. The van der Waals surface area contributed by atoms with Crippen molar-refractivity contribution in [2.24, 2.45) is 0 Å². The van der Waals surface area contributed by atoms with Crippen LogP contribution in [-0.4, -0.2) is 73.2 Å². The van der Waals surface area contributed by atoms with E-state index in [0.717, 1.165) is 65.0 Å². The van der Waals surface area contributed by atoms with Crippen LogP contribution in [0.2, 0.25) is 0 Å². The Morgan fingerprint density at radius 3 is 0.595 bits per heavy atom. The Morgan fingerprint density at radius 1 is 0.257 bits per heavy atom. The number of hydrogen-bond acceptors (Lipinski definition) is 6. The Labute approximate surface area is 464 Å². The second-order valence-corrected chi connectivity index (χ2v) is 24.1. The summed E-state index contributed by atoms with van der Waals surface area (Å²) in [7, 11) is 0. The zero-order valence-electron chi connectivity index (χ0n) is 51.1. The zero-order valence-corrected chi connectivity index (χ0v) is 51.1. The van der Waals surface area contributed by atoms with Gasteiger partial charge in [-0.1, -0.05) is 310 Å². The molecule has 0 heterocycles. The largest absolute Gasteiger partial charge is 0.462 e. The van der Waals surface area contributed by atoms with Crippen molar-refractivity contribution >= 4 is 11.9 Å². The van der Waals surface area contributed by atoms with Gasteiger partial charge < -0.3 is 19.3 Å². The molecule has 0 spiro atoms. The van der Waals surface area contributed by atoms with E-state index >= 15 is 0 Å². The number of ether oxygens (including phenoxy) is 2. The van der Waals surface area contributed by atoms with Gasteiger partial charge in [0, 0.05) is 13.1 Å². The summed E-state index contributed by atoms with van der Waals surface area (Å²) < 4.78 is 12.2. The van der Waals surface area contributed by atoms with Crippen molar-refractivity contribution in [2.75, 3.05) is 39.3 Å². The molecule has 0 aromatic rings. The molecule has 0 amide bonds. The highest BCUT2D eigenvalue weighted by Gasteiger charge is 2.26. The zero-order chi connectivity index (χ0) is 53.3. The molecule has 0 atom stereocenters. The van der Waals surface area contributed by atoms with Gasteiger partial charge in [0.2, 0.25) is 0 Å². The molecule has 6 nitrogen and oxygen atoms in total. The van der Waals surface area contributed by atoms with Crippen molar-refractivity contribution in [3.05, 3.63) is 0 Å². The normalized spacial score (nSPS) is 14.9. The molecule has 0 unspecified atom stereocenters. The minimum Gasteiger partial charge on any atom is -0.462 e. The molecule has 0 aromatic heterocycles. The van der Waals surface area contributed by atoms with Crippen molar-refractivity contribution < 1.29 is 19.1 Å². The minimum absolute atomic E-state index is 0.0405. The molecule has 1 saturated carbocycles. The van der Waals surface area contributed by atoms with Crippen LogP contribution in [0, 0.1) is 0 Å². The highest BCUT2D eigenvalue weighted by Crippen LogP contribution is 2.25. The molecular formula is C68H134N2O4. The SMILES string of the molecule is CCCCCCCCCCCCCCN(CCCCCCCCCCCCCC)CCC(=O)OC1CCC(OC(=O)CCN(CCCCCCCCCCCCCC)CCCCCCCCCCCCCC)CC1. The maximum atomic E-state index is 13.2. The van der Waals surface area contributed by atoms with Gasteiger partial charge in [-0.3, -0.25) is 9.59 Å². The highest BCUT2D eigenvalue weighted by molar-refractivity contribution is 5.70. The maximum Gasteiger partial charge on any atom is 0.307 e. The van der Waals surface area contributed by atoms with E-state index < -0.39 is 0 Å². The van der Waals surface area contributed by atoms with Crippen LogP contribution in [0.25, 0.3) is 0 Å². The van der Waals surface area contributed by atoms with Crippen LogP contribution in [0.4, 0.5) is 0 Å². The molecule has 1 fully saturated rings. The lowest BCUT2D eigenvalue weighted by Crippen LogP contribution is -2.33. The second-order valence-electron chi connectivity index (χ2n) is 24.1. The number of esters is 2. The predicted molar refractivity (Wildman–Crippen MR) is 325 cm³/mol. The van der Waals surface area contributed by atoms with E-state index in [1.807, 2.05) is 0 Å². The molecule has 1 rings (SSSR count). The number of carbonyl (C=O) groups is 2. The average Bonchev–Trinajstić information content (AvgIpc) is 3.40. The number of nitrogens with zero attached hydrogens (tertiary/aromatic N) is 2. The molecular weight excluding hydrogens is 909 g/mol. The van der Waals surface area contributed by atoms with Crippen molar-refractivity contribution in [2.45, 2.75) is 387 Å². The summed E-state index contributed by atoms with van der Waals surface area (Å²) in [6, 6.07) is 0. The van der Waals surface area contributed by atoms with Crippen LogP contribution < -0.4 is 0 Å². The van der Waals surface area contributed by atoms with E-state index in [4.69, 9.17) is 9.47 Å². The van der Waals surface area contributed by atoms with E-state index in [1.165, 1.54) is 308 Å². The fraction of sp³-hybridized carbons (Fsp3) is 0.971. The van der Waals surface area contributed by atoms with Gasteiger partial charge in [0.15, 0.2) is 0 Å². The van der Waals surface area contributed by atoms with Crippen LogP contribution >= 0.6 is 0 Å². The first-order valence-electron chi connectivity index (χ1n) is 34.4. The fourth-order valence-corrected chi connectivity index (χ4v) is 11.6. The Bertz CT molecular complexity index is 983. The van der Waals surface area contributed by atoms with E-state index in [1.54, 1.807) is 0 Å². The first-order valence-corrected chi connectivity index (χ1v) is 34.4. The van der Waals surface area contributed by atoms with Gasteiger partial charge in [0.25, 0.3) is 0 Å². The highest BCUT2D eigenvalue weighted by atomic mass is 16.6. The third kappa shape index (κ3) is 50.4. The Kier molecular flexibility index (Phi) is 55.6. The molecule has 74 heavy (non-hydrogen) atoms. The molecule has 0 N–H and O–H groups in total. The van der Waals surface area contributed by atoms with Crippen LogP contribution in [0.5, 0.6) is 0 Å². The van der Waals surface area contributed by atoms with Crippen molar-refractivity contribution in [3.63, 3.8) is 0 Å². The molecule has 440 valence electrons. The standard InChI is InChI=1S/C68H134N2O4/c1-5-9-13-17-21-25-29-33-37-41-45-49-59-69(60-50-46-42-38-34-30-26-22-18-14-10-6-2)63-57-67(71)73-65-53-55-66(56-54-65)74-68(72)58-64-70(61-51-47-43-39-35-31-27-23-19-15-11-7-3)62-52-48-44-40-36-32-28-24-20-16-12-8-4/h65-66H,5-64H2,1-4H3. The fourth-order valence-electron chi connectivity index (χ4n) is 11.6. The van der Waals surface area contributed by atoms with Gasteiger partial charge in [-0.2, -0.15) is 0 Å². The molecule has 1 aliphatic carbocycles. The van der Waals surface area contributed by atoms with Crippen LogP contribution in [0.3, 0.4) is 0 Å². The molecule has 0 aliphatic heterocycles. The number of carbonyl (C=O) groups excluding carboxylic acids is 2. The third-order valence-corrected chi connectivity index (χ3v) is 16.8. The second kappa shape index (κ2) is 58.0. The van der Waals surface area contributed by atoms with Crippen LogP contribution in [0.1, 0.15) is 374 Å². The number of rotatable bonds is 60. The molecule has 0 radical (unpaired) electrons. The quantitative estimate of drug-likeness (QED) is 0.0447. The topological polar surface area (TPSA) is 59.1 Å². The number of unbranched alkanes of at least 4 members (excludes halogenated alkanes) is 44. The first-order chi connectivity index (χ1) is 36.5. The van der Waals surface area contributed by atoms with Gasteiger partial charge in [-0.25, -0.2) is 0 Å². The summed E-state index contributed by atoms with van der Waals surface area (Å²) in [6.07, 6.45) is 70.0. The van der Waals surface area contributed by atoms with E-state index in [9.17, 15) is 9.59 Å². The van der Waals surface area contributed by atoms with Gasteiger partial charge in [-0.15, -0.1) is 0 Å². The molecule has 0 saturated heterocycles. The van der Waals surface area contributed by atoms with Crippen molar-refractivity contribution in [1.29, 1.82) is 0 Å². The van der Waals surface area contributed by atoms with E-state index in [-0.39, 0.29) is 24.1 Å². The van der Waals surface area contributed by atoms with Gasteiger partial charge >= 0.3 is 11.9 Å². The Balaban J connectivity index is 2.45. The number of hydrogen-bond donors (Lipinski definition) is 0. The maximum absolute atomic E-state index is 13.2. The van der Waals surface area contributed by atoms with Crippen LogP contribution in [-0.2, 0) is 19.1 Å². The predicted octanol–water partition coefficient (Wildman–Crippen LogP) is 21.6. The first kappa shape index (κ1) is 70.9.